The van der Waals surface area contributed by atoms with Crippen molar-refractivity contribution in [1.29, 1.82) is 0 Å². The number of nitrogens with two attached hydrogens (primary N) is 2. The van der Waals surface area contributed by atoms with Crippen molar-refractivity contribution in [2.24, 2.45) is 11.5 Å². The summed E-state index contributed by atoms with van der Waals surface area (Å²) in [7, 11) is 0. The van der Waals surface area contributed by atoms with E-state index in [4.69, 9.17) is 16.6 Å². The normalized spacial score (nSPS) is 14.8. The molecule has 1 rings (SSSR count). The highest BCUT2D eigenvalue weighted by Gasteiger charge is 2.23. The van der Waals surface area contributed by atoms with Gasteiger partial charge in [-0.25, -0.2) is 0 Å². The average molecular weight is 259 g/mol. The van der Waals surface area contributed by atoms with Crippen LogP contribution in [0.5, 0.6) is 0 Å². The number of benzene rings is 1. The minimum Gasteiger partial charge on any atom is -0.480 e. The van der Waals surface area contributed by atoms with Gasteiger partial charge in [0.15, 0.2) is 0 Å². The number of carbonyl (C=O) groups is 1. The Balaban J connectivity index is 2.94. The Morgan fingerprint density at radius 3 is 2.43 bits per heavy atom. The van der Waals surface area contributed by atoms with Crippen LogP contribution in [-0.2, 0) is 4.79 Å². The van der Waals surface area contributed by atoms with Crippen LogP contribution in [0.25, 0.3) is 0 Å². The fourth-order valence-corrected chi connectivity index (χ4v) is 1.64. The maximum atomic E-state index is 10.6. The molecule has 14 heavy (non-hydrogen) atoms. The molecule has 0 aliphatic heterocycles. The van der Waals surface area contributed by atoms with Crippen LogP contribution in [0, 0.1) is 0 Å². The van der Waals surface area contributed by atoms with Gasteiger partial charge < -0.3 is 16.6 Å². The minimum atomic E-state index is -1.10. The first-order valence-electron chi connectivity index (χ1n) is 4.02. The molecule has 0 fully saturated rings. The SMILES string of the molecule is NC(C(=O)O)C(N)c1ccccc1Br. The highest BCUT2D eigenvalue weighted by Crippen LogP contribution is 2.22. The van der Waals surface area contributed by atoms with Gasteiger partial charge in [-0.05, 0) is 11.6 Å². The van der Waals surface area contributed by atoms with Gasteiger partial charge in [-0.1, -0.05) is 34.1 Å². The lowest BCUT2D eigenvalue weighted by molar-refractivity contribution is -0.139. The van der Waals surface area contributed by atoms with E-state index in [0.29, 0.717) is 5.56 Å². The van der Waals surface area contributed by atoms with Gasteiger partial charge in [0.1, 0.15) is 6.04 Å². The number of hydrogen-bond acceptors (Lipinski definition) is 3. The zero-order valence-electron chi connectivity index (χ0n) is 7.35. The quantitative estimate of drug-likeness (QED) is 0.751. The van der Waals surface area contributed by atoms with Gasteiger partial charge in [-0.2, -0.15) is 0 Å². The second-order valence-electron chi connectivity index (χ2n) is 2.91. The Morgan fingerprint density at radius 2 is 1.93 bits per heavy atom. The molecule has 0 spiro atoms. The molecular weight excluding hydrogens is 248 g/mol. The van der Waals surface area contributed by atoms with Crippen molar-refractivity contribution in [3.8, 4) is 0 Å². The highest BCUT2D eigenvalue weighted by molar-refractivity contribution is 9.10. The van der Waals surface area contributed by atoms with E-state index in [1.807, 2.05) is 6.07 Å². The molecule has 4 nitrogen and oxygen atoms in total. The number of aliphatic carboxylic acids is 1. The largest absolute Gasteiger partial charge is 0.480 e. The van der Waals surface area contributed by atoms with E-state index >= 15 is 0 Å². The topological polar surface area (TPSA) is 89.3 Å². The molecule has 5 N–H and O–H groups in total. The lowest BCUT2D eigenvalue weighted by Gasteiger charge is -2.17. The summed E-state index contributed by atoms with van der Waals surface area (Å²) in [5.74, 6) is -1.10. The zero-order valence-corrected chi connectivity index (χ0v) is 8.94. The van der Waals surface area contributed by atoms with Crippen LogP contribution in [0.3, 0.4) is 0 Å². The molecule has 0 aliphatic rings. The van der Waals surface area contributed by atoms with E-state index in [2.05, 4.69) is 15.9 Å². The highest BCUT2D eigenvalue weighted by atomic mass is 79.9. The summed E-state index contributed by atoms with van der Waals surface area (Å²) in [6, 6.07) is 5.36. The van der Waals surface area contributed by atoms with E-state index in [-0.39, 0.29) is 0 Å². The van der Waals surface area contributed by atoms with Gasteiger partial charge >= 0.3 is 5.97 Å². The molecule has 0 saturated carbocycles. The standard InChI is InChI=1S/C9H11BrN2O2/c10-6-4-2-1-3-5(6)7(11)8(12)9(13)14/h1-4,7-8H,11-12H2,(H,13,14). The number of carboxylic acids is 1. The maximum absolute atomic E-state index is 10.6. The zero-order chi connectivity index (χ0) is 10.7. The number of hydrogen-bond donors (Lipinski definition) is 3. The van der Waals surface area contributed by atoms with Crippen LogP contribution >= 0.6 is 15.9 Å². The molecule has 1 aromatic rings. The van der Waals surface area contributed by atoms with Crippen molar-refractivity contribution in [1.82, 2.24) is 0 Å². The summed E-state index contributed by atoms with van der Waals surface area (Å²) in [5.41, 5.74) is 11.8. The van der Waals surface area contributed by atoms with Crippen molar-refractivity contribution in [3.05, 3.63) is 34.3 Å². The molecule has 1 aromatic carbocycles. The third-order valence-corrected chi connectivity index (χ3v) is 2.66. The number of carboxylic acid groups (broad SMARTS) is 1. The van der Waals surface area contributed by atoms with Crippen LogP contribution in [0.1, 0.15) is 11.6 Å². The molecule has 76 valence electrons. The Morgan fingerprint density at radius 1 is 1.36 bits per heavy atom. The van der Waals surface area contributed by atoms with Crippen LogP contribution < -0.4 is 11.5 Å². The van der Waals surface area contributed by atoms with Gasteiger partial charge in [0.05, 0.1) is 6.04 Å². The van der Waals surface area contributed by atoms with Crippen LogP contribution in [-0.4, -0.2) is 17.1 Å². The average Bonchev–Trinajstić information content (AvgIpc) is 2.16. The molecule has 0 bridgehead atoms. The summed E-state index contributed by atoms with van der Waals surface area (Å²) >= 11 is 3.29. The molecule has 0 radical (unpaired) electrons. The third kappa shape index (κ3) is 2.31. The van der Waals surface area contributed by atoms with Gasteiger partial charge in [-0.15, -0.1) is 0 Å². The van der Waals surface area contributed by atoms with Crippen molar-refractivity contribution < 1.29 is 9.90 Å². The van der Waals surface area contributed by atoms with Crippen molar-refractivity contribution >= 4 is 21.9 Å². The fraction of sp³-hybridized carbons (Fsp3) is 0.222. The second-order valence-corrected chi connectivity index (χ2v) is 3.77. The third-order valence-electron chi connectivity index (χ3n) is 1.94. The minimum absolute atomic E-state index is 0.697. The second kappa shape index (κ2) is 4.54. The first-order valence-corrected chi connectivity index (χ1v) is 4.81. The van der Waals surface area contributed by atoms with Crippen LogP contribution in [0.4, 0.5) is 0 Å². The van der Waals surface area contributed by atoms with Crippen molar-refractivity contribution in [2.75, 3.05) is 0 Å². The molecule has 2 unspecified atom stereocenters. The molecule has 0 amide bonds. The Bertz CT molecular complexity index is 343. The predicted octanol–water partition coefficient (Wildman–Crippen LogP) is 0.861. The molecule has 2 atom stereocenters. The predicted molar refractivity (Wildman–Crippen MR) is 56.7 cm³/mol. The fourth-order valence-electron chi connectivity index (χ4n) is 1.09. The van der Waals surface area contributed by atoms with E-state index in [1.54, 1.807) is 18.2 Å². The van der Waals surface area contributed by atoms with Crippen molar-refractivity contribution in [3.63, 3.8) is 0 Å². The summed E-state index contributed by atoms with van der Waals surface area (Å²) in [4.78, 5) is 10.6. The van der Waals surface area contributed by atoms with Crippen LogP contribution in [0.15, 0.2) is 28.7 Å². The smallest absolute Gasteiger partial charge is 0.322 e. The first-order chi connectivity index (χ1) is 6.54. The first kappa shape index (κ1) is 11.2. The van der Waals surface area contributed by atoms with Crippen molar-refractivity contribution in [2.45, 2.75) is 12.1 Å². The summed E-state index contributed by atoms with van der Waals surface area (Å²) < 4.78 is 0.768. The summed E-state index contributed by atoms with van der Waals surface area (Å²) in [6.45, 7) is 0. The van der Waals surface area contributed by atoms with E-state index in [0.717, 1.165) is 4.47 Å². The van der Waals surface area contributed by atoms with Crippen LogP contribution in [0.2, 0.25) is 0 Å². The molecule has 0 heterocycles. The van der Waals surface area contributed by atoms with Gasteiger partial charge in [-0.3, -0.25) is 4.79 Å². The van der Waals surface area contributed by atoms with Gasteiger partial charge in [0, 0.05) is 4.47 Å². The summed E-state index contributed by atoms with van der Waals surface area (Å²) in [5, 5.41) is 8.68. The molecule has 5 heteroatoms. The molecule has 0 aliphatic carbocycles. The van der Waals surface area contributed by atoms with Gasteiger partial charge in [0.25, 0.3) is 0 Å². The number of rotatable bonds is 3. The monoisotopic (exact) mass is 258 g/mol. The maximum Gasteiger partial charge on any atom is 0.322 e. The van der Waals surface area contributed by atoms with E-state index in [1.165, 1.54) is 0 Å². The lowest BCUT2D eigenvalue weighted by atomic mass is 10.0. The summed E-state index contributed by atoms with van der Waals surface area (Å²) in [6.07, 6.45) is 0. The Hall–Kier alpha value is -0.910. The lowest BCUT2D eigenvalue weighted by Crippen LogP contribution is -2.40. The van der Waals surface area contributed by atoms with E-state index < -0.39 is 18.1 Å². The molecule has 0 saturated heterocycles. The Labute approximate surface area is 90.0 Å². The molecular formula is C9H11BrN2O2. The Kier molecular flexibility index (Phi) is 3.62. The van der Waals surface area contributed by atoms with E-state index in [9.17, 15) is 4.79 Å². The van der Waals surface area contributed by atoms with Gasteiger partial charge in [0.2, 0.25) is 0 Å². The number of halogens is 1. The molecule has 0 aromatic heterocycles.